The summed E-state index contributed by atoms with van der Waals surface area (Å²) < 4.78 is 5.02. The zero-order chi connectivity index (χ0) is 16.5. The minimum atomic E-state index is -0.132. The van der Waals surface area contributed by atoms with E-state index in [1.807, 2.05) is 12.1 Å². The smallest absolute Gasteiger partial charge is 0.267 e. The summed E-state index contributed by atoms with van der Waals surface area (Å²) in [5.74, 6) is -0.132. The molecule has 1 aliphatic rings. The Morgan fingerprint density at radius 1 is 1.21 bits per heavy atom. The molecule has 24 heavy (non-hydrogen) atoms. The molecule has 0 aliphatic heterocycles. The second-order valence-electron chi connectivity index (χ2n) is 5.51. The Labute approximate surface area is 147 Å². The summed E-state index contributed by atoms with van der Waals surface area (Å²) in [4.78, 5) is 14.4. The molecule has 1 amide bonds. The first kappa shape index (κ1) is 15.4. The lowest BCUT2D eigenvalue weighted by Crippen LogP contribution is -2.09. The van der Waals surface area contributed by atoms with Gasteiger partial charge in [-0.15, -0.1) is 21.5 Å². The van der Waals surface area contributed by atoms with E-state index < -0.39 is 0 Å². The Morgan fingerprint density at radius 2 is 2.04 bits per heavy atom. The van der Waals surface area contributed by atoms with Gasteiger partial charge in [-0.05, 0) is 35.6 Å². The van der Waals surface area contributed by atoms with Gasteiger partial charge in [-0.25, -0.2) is 0 Å². The number of hydrogen-bond donors (Lipinski definition) is 1. The van der Waals surface area contributed by atoms with Crippen molar-refractivity contribution in [2.24, 2.45) is 0 Å². The molecule has 0 atom stereocenters. The number of nitrogens with zero attached hydrogens (tertiary/aromatic N) is 2. The fourth-order valence-electron chi connectivity index (χ4n) is 2.83. The van der Waals surface area contributed by atoms with Crippen LogP contribution in [0.5, 0.6) is 0 Å². The molecule has 0 spiro atoms. The van der Waals surface area contributed by atoms with Crippen LogP contribution in [0.15, 0.2) is 30.3 Å². The summed E-state index contributed by atoms with van der Waals surface area (Å²) in [6.45, 7) is 0.400. The standard InChI is InChI=1S/C17H15N3O2S2/c1-22-9-14-19-20-17(24-14)18-16(21)13-8-11-7-6-10-4-2-3-5-12(10)15(11)23-13/h2-5,8H,6-7,9H2,1H3,(H,18,20,21). The predicted molar refractivity (Wildman–Crippen MR) is 95.7 cm³/mol. The number of fused-ring (bicyclic) bond motifs is 3. The van der Waals surface area contributed by atoms with Crippen LogP contribution in [0.4, 0.5) is 5.13 Å². The van der Waals surface area contributed by atoms with E-state index in [0.717, 1.165) is 17.8 Å². The van der Waals surface area contributed by atoms with Crippen LogP contribution in [-0.2, 0) is 24.2 Å². The molecule has 1 N–H and O–H groups in total. The molecule has 0 radical (unpaired) electrons. The number of anilines is 1. The molecule has 7 heteroatoms. The van der Waals surface area contributed by atoms with Gasteiger partial charge in [-0.2, -0.15) is 0 Å². The van der Waals surface area contributed by atoms with E-state index in [1.165, 1.54) is 32.9 Å². The number of carbonyl (C=O) groups excluding carboxylic acids is 1. The van der Waals surface area contributed by atoms with Gasteiger partial charge in [0.15, 0.2) is 0 Å². The van der Waals surface area contributed by atoms with Gasteiger partial charge < -0.3 is 4.74 Å². The minimum Gasteiger partial charge on any atom is -0.377 e. The lowest BCUT2D eigenvalue weighted by molar-refractivity contribution is 0.103. The molecule has 0 saturated carbocycles. The molecular weight excluding hydrogens is 342 g/mol. The van der Waals surface area contributed by atoms with E-state index in [2.05, 4.69) is 33.7 Å². The number of hydrogen-bond acceptors (Lipinski definition) is 6. The normalized spacial score (nSPS) is 12.5. The van der Waals surface area contributed by atoms with Gasteiger partial charge in [-0.3, -0.25) is 10.1 Å². The molecule has 4 rings (SSSR count). The topological polar surface area (TPSA) is 64.1 Å². The van der Waals surface area contributed by atoms with Gasteiger partial charge in [-0.1, -0.05) is 35.6 Å². The number of benzene rings is 1. The molecule has 3 aromatic rings. The maximum Gasteiger partial charge on any atom is 0.267 e. The lowest BCUT2D eigenvalue weighted by Gasteiger charge is -2.15. The van der Waals surface area contributed by atoms with Gasteiger partial charge in [0.2, 0.25) is 5.13 Å². The summed E-state index contributed by atoms with van der Waals surface area (Å²) >= 11 is 2.87. The van der Waals surface area contributed by atoms with Gasteiger partial charge >= 0.3 is 0 Å². The highest BCUT2D eigenvalue weighted by Gasteiger charge is 2.21. The van der Waals surface area contributed by atoms with Crippen molar-refractivity contribution < 1.29 is 9.53 Å². The number of rotatable bonds is 4. The lowest BCUT2D eigenvalue weighted by atomic mass is 9.91. The molecule has 0 saturated heterocycles. The van der Waals surface area contributed by atoms with E-state index in [-0.39, 0.29) is 5.91 Å². The fraction of sp³-hybridized carbons (Fsp3) is 0.235. The maximum absolute atomic E-state index is 12.5. The molecule has 122 valence electrons. The third kappa shape index (κ3) is 2.86. The second kappa shape index (κ2) is 6.43. The highest BCUT2D eigenvalue weighted by molar-refractivity contribution is 7.18. The van der Waals surface area contributed by atoms with Crippen LogP contribution < -0.4 is 5.32 Å². The predicted octanol–water partition coefficient (Wildman–Crippen LogP) is 3.76. The number of amides is 1. The Bertz CT molecular complexity index is 901. The summed E-state index contributed by atoms with van der Waals surface area (Å²) in [5.41, 5.74) is 3.86. The van der Waals surface area contributed by atoms with Crippen molar-refractivity contribution in [3.8, 4) is 10.4 Å². The van der Waals surface area contributed by atoms with Crippen LogP contribution in [0.25, 0.3) is 10.4 Å². The highest BCUT2D eigenvalue weighted by Crippen LogP contribution is 2.39. The molecule has 2 aromatic heterocycles. The van der Waals surface area contributed by atoms with E-state index in [0.29, 0.717) is 16.6 Å². The number of aryl methyl sites for hydroxylation is 2. The number of thiophene rings is 1. The minimum absolute atomic E-state index is 0.132. The first-order valence-corrected chi connectivity index (χ1v) is 9.21. The third-order valence-corrected chi connectivity index (χ3v) is 5.94. The quantitative estimate of drug-likeness (QED) is 0.772. The van der Waals surface area contributed by atoms with Crippen molar-refractivity contribution in [2.45, 2.75) is 19.4 Å². The van der Waals surface area contributed by atoms with E-state index in [1.54, 1.807) is 18.4 Å². The van der Waals surface area contributed by atoms with Gasteiger partial charge in [0.1, 0.15) is 11.6 Å². The van der Waals surface area contributed by atoms with Crippen molar-refractivity contribution in [3.05, 3.63) is 51.3 Å². The molecule has 5 nitrogen and oxygen atoms in total. The Kier molecular flexibility index (Phi) is 4.13. The fourth-order valence-corrected chi connectivity index (χ4v) is 4.70. The van der Waals surface area contributed by atoms with E-state index in [9.17, 15) is 4.79 Å². The summed E-state index contributed by atoms with van der Waals surface area (Å²) in [5, 5.41) is 12.0. The molecule has 1 aromatic carbocycles. The summed E-state index contributed by atoms with van der Waals surface area (Å²) in [6.07, 6.45) is 2.00. The van der Waals surface area contributed by atoms with Crippen molar-refractivity contribution in [3.63, 3.8) is 0 Å². The number of nitrogens with one attached hydrogen (secondary N) is 1. The van der Waals surface area contributed by atoms with Crippen LogP contribution in [-0.4, -0.2) is 23.2 Å². The number of aromatic nitrogens is 2. The van der Waals surface area contributed by atoms with Crippen LogP contribution in [0.3, 0.4) is 0 Å². The van der Waals surface area contributed by atoms with Gasteiger partial charge in [0.05, 0.1) is 4.88 Å². The summed E-state index contributed by atoms with van der Waals surface area (Å²) in [7, 11) is 1.60. The SMILES string of the molecule is COCc1nnc(NC(=O)c2cc3c(s2)-c2ccccc2CC3)s1. The molecule has 0 unspecified atom stereocenters. The maximum atomic E-state index is 12.5. The van der Waals surface area contributed by atoms with Crippen molar-refractivity contribution in [1.29, 1.82) is 0 Å². The molecule has 0 bridgehead atoms. The number of ether oxygens (including phenoxy) is 1. The monoisotopic (exact) mass is 357 g/mol. The van der Waals surface area contributed by atoms with Crippen LogP contribution >= 0.6 is 22.7 Å². The van der Waals surface area contributed by atoms with Crippen LogP contribution in [0.1, 0.15) is 25.8 Å². The highest BCUT2D eigenvalue weighted by atomic mass is 32.1. The molecule has 0 fully saturated rings. The Morgan fingerprint density at radius 3 is 2.92 bits per heavy atom. The zero-order valence-electron chi connectivity index (χ0n) is 13.0. The first-order valence-electron chi connectivity index (χ1n) is 7.58. The van der Waals surface area contributed by atoms with E-state index >= 15 is 0 Å². The van der Waals surface area contributed by atoms with Gasteiger partial charge in [0, 0.05) is 12.0 Å². The second-order valence-corrected chi connectivity index (χ2v) is 7.62. The average Bonchev–Trinajstić information content (AvgIpc) is 3.22. The van der Waals surface area contributed by atoms with Crippen molar-refractivity contribution >= 4 is 33.7 Å². The first-order chi connectivity index (χ1) is 11.7. The average molecular weight is 357 g/mol. The zero-order valence-corrected chi connectivity index (χ0v) is 14.7. The Hall–Kier alpha value is -2.09. The van der Waals surface area contributed by atoms with Crippen LogP contribution in [0.2, 0.25) is 0 Å². The molecule has 2 heterocycles. The van der Waals surface area contributed by atoms with Crippen molar-refractivity contribution in [2.75, 3.05) is 12.4 Å². The van der Waals surface area contributed by atoms with E-state index in [4.69, 9.17) is 4.74 Å². The summed E-state index contributed by atoms with van der Waals surface area (Å²) in [6, 6.07) is 10.4. The molecular formula is C17H15N3O2S2. The largest absolute Gasteiger partial charge is 0.377 e. The molecule has 1 aliphatic carbocycles. The van der Waals surface area contributed by atoms with Crippen molar-refractivity contribution in [1.82, 2.24) is 10.2 Å². The Balaban J connectivity index is 1.57. The van der Waals surface area contributed by atoms with Gasteiger partial charge in [0.25, 0.3) is 5.91 Å². The number of methoxy groups -OCH3 is 1. The third-order valence-electron chi connectivity index (χ3n) is 3.91. The number of carbonyl (C=O) groups is 1. The van der Waals surface area contributed by atoms with Crippen LogP contribution in [0, 0.1) is 0 Å².